The van der Waals surface area contributed by atoms with E-state index in [0.29, 0.717) is 6.04 Å². The molecule has 2 aromatic heterocycles. The molecule has 5 heteroatoms. The van der Waals surface area contributed by atoms with Crippen LogP contribution in [0.1, 0.15) is 43.2 Å². The van der Waals surface area contributed by atoms with Gasteiger partial charge < -0.3 is 14.3 Å². The second-order valence-corrected chi connectivity index (χ2v) is 4.95. The Labute approximate surface area is 106 Å². The Morgan fingerprint density at radius 1 is 1.50 bits per heavy atom. The minimum absolute atomic E-state index is 0.0841. The van der Waals surface area contributed by atoms with Crippen molar-refractivity contribution in [3.8, 4) is 0 Å². The number of hydrogen-bond donors (Lipinski definition) is 1. The zero-order chi connectivity index (χ0) is 12.5. The molecular formula is C13H18N4O. The van der Waals surface area contributed by atoms with Crippen LogP contribution in [0.3, 0.4) is 0 Å². The van der Waals surface area contributed by atoms with Gasteiger partial charge in [-0.25, -0.2) is 9.97 Å². The van der Waals surface area contributed by atoms with Crippen molar-refractivity contribution in [3.05, 3.63) is 36.1 Å². The SMILES string of the molecule is Cc1cnc(C(C)n2cnc(CNC3CC3)c2)o1. The van der Waals surface area contributed by atoms with Gasteiger partial charge in [-0.1, -0.05) is 0 Å². The van der Waals surface area contributed by atoms with Gasteiger partial charge in [0.25, 0.3) is 0 Å². The first-order chi connectivity index (χ1) is 8.72. The van der Waals surface area contributed by atoms with Gasteiger partial charge in [0.1, 0.15) is 11.8 Å². The highest BCUT2D eigenvalue weighted by atomic mass is 16.4. The minimum Gasteiger partial charge on any atom is -0.444 e. The summed E-state index contributed by atoms with van der Waals surface area (Å²) in [7, 11) is 0. The number of oxazole rings is 1. The van der Waals surface area contributed by atoms with Crippen molar-refractivity contribution >= 4 is 0 Å². The highest BCUT2D eigenvalue weighted by Gasteiger charge is 2.20. The molecule has 0 bridgehead atoms. The molecule has 0 radical (unpaired) electrons. The Kier molecular flexibility index (Phi) is 2.91. The van der Waals surface area contributed by atoms with Crippen molar-refractivity contribution in [1.29, 1.82) is 0 Å². The molecule has 96 valence electrons. The fraction of sp³-hybridized carbons (Fsp3) is 0.538. The molecule has 5 nitrogen and oxygen atoms in total. The van der Waals surface area contributed by atoms with Gasteiger partial charge in [0.2, 0.25) is 5.89 Å². The predicted molar refractivity (Wildman–Crippen MR) is 67.1 cm³/mol. The van der Waals surface area contributed by atoms with Gasteiger partial charge in [0.15, 0.2) is 0 Å². The first-order valence-electron chi connectivity index (χ1n) is 6.40. The molecule has 1 aliphatic carbocycles. The third-order valence-corrected chi connectivity index (χ3v) is 3.25. The minimum atomic E-state index is 0.0841. The van der Waals surface area contributed by atoms with E-state index in [1.54, 1.807) is 6.20 Å². The van der Waals surface area contributed by atoms with E-state index < -0.39 is 0 Å². The summed E-state index contributed by atoms with van der Waals surface area (Å²) in [5.74, 6) is 1.57. The molecule has 1 N–H and O–H groups in total. The van der Waals surface area contributed by atoms with E-state index in [2.05, 4.69) is 28.4 Å². The van der Waals surface area contributed by atoms with E-state index >= 15 is 0 Å². The van der Waals surface area contributed by atoms with Gasteiger partial charge in [0, 0.05) is 18.8 Å². The van der Waals surface area contributed by atoms with Crippen molar-refractivity contribution in [2.75, 3.05) is 0 Å². The van der Waals surface area contributed by atoms with Crippen LogP contribution in [-0.2, 0) is 6.54 Å². The molecule has 2 aromatic rings. The Bertz CT molecular complexity index is 527. The van der Waals surface area contributed by atoms with Gasteiger partial charge in [0.05, 0.1) is 18.2 Å². The number of nitrogens with zero attached hydrogens (tertiary/aromatic N) is 3. The van der Waals surface area contributed by atoms with Crippen molar-refractivity contribution in [2.45, 2.75) is 45.3 Å². The third-order valence-electron chi connectivity index (χ3n) is 3.25. The highest BCUT2D eigenvalue weighted by Crippen LogP contribution is 2.20. The summed E-state index contributed by atoms with van der Waals surface area (Å²) in [4.78, 5) is 8.65. The van der Waals surface area contributed by atoms with E-state index in [1.807, 2.05) is 17.8 Å². The van der Waals surface area contributed by atoms with Crippen LogP contribution >= 0.6 is 0 Å². The van der Waals surface area contributed by atoms with Gasteiger partial charge in [-0.3, -0.25) is 0 Å². The number of aryl methyl sites for hydroxylation is 1. The maximum atomic E-state index is 5.54. The van der Waals surface area contributed by atoms with Crippen LogP contribution < -0.4 is 5.32 Å². The van der Waals surface area contributed by atoms with Crippen LogP contribution in [0.5, 0.6) is 0 Å². The number of aromatic nitrogens is 3. The van der Waals surface area contributed by atoms with Crippen LogP contribution in [0.4, 0.5) is 0 Å². The molecule has 2 heterocycles. The van der Waals surface area contributed by atoms with E-state index in [-0.39, 0.29) is 6.04 Å². The van der Waals surface area contributed by atoms with E-state index in [0.717, 1.165) is 23.9 Å². The van der Waals surface area contributed by atoms with Crippen LogP contribution in [0.2, 0.25) is 0 Å². The Morgan fingerprint density at radius 3 is 3.00 bits per heavy atom. The van der Waals surface area contributed by atoms with Gasteiger partial charge in [-0.15, -0.1) is 0 Å². The molecule has 0 amide bonds. The van der Waals surface area contributed by atoms with Crippen molar-refractivity contribution in [3.63, 3.8) is 0 Å². The molecule has 1 aliphatic rings. The lowest BCUT2D eigenvalue weighted by molar-refractivity contribution is 0.415. The van der Waals surface area contributed by atoms with Gasteiger partial charge >= 0.3 is 0 Å². The molecular weight excluding hydrogens is 228 g/mol. The number of nitrogens with one attached hydrogen (secondary N) is 1. The monoisotopic (exact) mass is 246 g/mol. The Morgan fingerprint density at radius 2 is 2.33 bits per heavy atom. The lowest BCUT2D eigenvalue weighted by atomic mass is 10.3. The van der Waals surface area contributed by atoms with Crippen LogP contribution in [0.25, 0.3) is 0 Å². The number of rotatable bonds is 5. The maximum Gasteiger partial charge on any atom is 0.217 e. The summed E-state index contributed by atoms with van der Waals surface area (Å²) in [5.41, 5.74) is 1.07. The van der Waals surface area contributed by atoms with Gasteiger partial charge in [-0.2, -0.15) is 0 Å². The number of imidazole rings is 1. The van der Waals surface area contributed by atoms with E-state index in [1.165, 1.54) is 12.8 Å². The molecule has 0 aliphatic heterocycles. The first-order valence-corrected chi connectivity index (χ1v) is 6.40. The van der Waals surface area contributed by atoms with Crippen LogP contribution in [0.15, 0.2) is 23.1 Å². The Balaban J connectivity index is 1.67. The van der Waals surface area contributed by atoms with E-state index in [4.69, 9.17) is 4.42 Å². The average Bonchev–Trinajstić information content (AvgIpc) is 2.90. The molecule has 1 fully saturated rings. The fourth-order valence-electron chi connectivity index (χ4n) is 1.91. The molecule has 1 saturated carbocycles. The molecule has 0 spiro atoms. The summed E-state index contributed by atoms with van der Waals surface area (Å²) in [6.07, 6.45) is 8.24. The smallest absolute Gasteiger partial charge is 0.217 e. The summed E-state index contributed by atoms with van der Waals surface area (Å²) in [6, 6.07) is 0.794. The lowest BCUT2D eigenvalue weighted by Crippen LogP contribution is -2.15. The molecule has 0 saturated heterocycles. The first kappa shape index (κ1) is 11.5. The van der Waals surface area contributed by atoms with E-state index in [9.17, 15) is 0 Å². The predicted octanol–water partition coefficient (Wildman–Crippen LogP) is 2.04. The molecule has 18 heavy (non-hydrogen) atoms. The lowest BCUT2D eigenvalue weighted by Gasteiger charge is -2.08. The van der Waals surface area contributed by atoms with Crippen LogP contribution in [0, 0.1) is 6.92 Å². The highest BCUT2D eigenvalue weighted by molar-refractivity contribution is 5.03. The normalized spacial score (nSPS) is 17.0. The van der Waals surface area contributed by atoms with Gasteiger partial charge in [-0.05, 0) is 26.7 Å². The zero-order valence-corrected chi connectivity index (χ0v) is 10.8. The second-order valence-electron chi connectivity index (χ2n) is 4.95. The summed E-state index contributed by atoms with van der Waals surface area (Å²) in [6.45, 7) is 4.81. The summed E-state index contributed by atoms with van der Waals surface area (Å²) in [5, 5.41) is 3.45. The van der Waals surface area contributed by atoms with Crippen LogP contribution in [-0.4, -0.2) is 20.6 Å². The largest absolute Gasteiger partial charge is 0.444 e. The molecule has 3 rings (SSSR count). The second kappa shape index (κ2) is 4.57. The quantitative estimate of drug-likeness (QED) is 0.877. The van der Waals surface area contributed by atoms with Crippen molar-refractivity contribution < 1.29 is 4.42 Å². The standard InChI is InChI=1S/C13H18N4O/c1-9-5-15-13(18-9)10(2)17-7-12(16-8-17)6-14-11-3-4-11/h5,7-8,10-11,14H,3-4,6H2,1-2H3. The fourth-order valence-corrected chi connectivity index (χ4v) is 1.91. The molecule has 1 unspecified atom stereocenters. The van der Waals surface area contributed by atoms with Crippen molar-refractivity contribution in [1.82, 2.24) is 19.9 Å². The average molecular weight is 246 g/mol. The summed E-state index contributed by atoms with van der Waals surface area (Å²) >= 11 is 0. The molecule has 1 atom stereocenters. The van der Waals surface area contributed by atoms with Crippen molar-refractivity contribution in [2.24, 2.45) is 0 Å². The zero-order valence-electron chi connectivity index (χ0n) is 10.8. The third kappa shape index (κ3) is 2.46. The number of hydrogen-bond acceptors (Lipinski definition) is 4. The molecule has 0 aromatic carbocycles. The maximum absolute atomic E-state index is 5.54. The Hall–Kier alpha value is -1.62. The summed E-state index contributed by atoms with van der Waals surface area (Å²) < 4.78 is 7.58. The topological polar surface area (TPSA) is 55.9 Å².